The maximum Gasteiger partial charge on any atom is 0.261 e. The number of ketones is 1. The number of ether oxygens (including phenoxy) is 1. The van der Waals surface area contributed by atoms with Crippen molar-refractivity contribution in [2.24, 2.45) is 41.4 Å². The molecule has 512 valence electrons. The molecule has 0 bridgehead atoms. The lowest BCUT2D eigenvalue weighted by molar-refractivity contribution is -0.356. The molecule has 0 spiro atoms. The van der Waals surface area contributed by atoms with Gasteiger partial charge in [-0.3, -0.25) is 9.59 Å². The fourth-order valence-electron chi connectivity index (χ4n) is 12.3. The summed E-state index contributed by atoms with van der Waals surface area (Å²) in [5, 5.41) is 229. The van der Waals surface area contributed by atoms with Crippen LogP contribution < -0.4 is 0 Å². The third-order valence-corrected chi connectivity index (χ3v) is 18.8. The van der Waals surface area contributed by atoms with Crippen LogP contribution in [-0.4, -0.2) is 265 Å². The Morgan fingerprint density at radius 2 is 0.989 bits per heavy atom. The summed E-state index contributed by atoms with van der Waals surface area (Å²) < 4.78 is 5.50. The monoisotopic (exact) mass is 1270 g/mol. The number of aliphatic hydroxyl groups is 21. The van der Waals surface area contributed by atoms with Gasteiger partial charge in [-0.2, -0.15) is 0 Å². The van der Waals surface area contributed by atoms with Gasteiger partial charge in [0.2, 0.25) is 0 Å². The van der Waals surface area contributed by atoms with Crippen molar-refractivity contribution in [3.8, 4) is 0 Å². The number of hydrogen-bond donors (Lipinski definition) is 21. The van der Waals surface area contributed by atoms with Crippen LogP contribution in [0, 0.1) is 41.4 Å². The van der Waals surface area contributed by atoms with Crippen molar-refractivity contribution in [1.29, 1.82) is 0 Å². The van der Waals surface area contributed by atoms with Crippen molar-refractivity contribution in [3.05, 3.63) is 23.0 Å². The molecule has 0 aliphatic carbocycles. The van der Waals surface area contributed by atoms with Crippen LogP contribution in [0.1, 0.15) is 172 Å². The van der Waals surface area contributed by atoms with Crippen molar-refractivity contribution in [3.63, 3.8) is 0 Å². The number of carbonyl (C=O) groups excluding carboxylic acids is 2. The van der Waals surface area contributed by atoms with Crippen molar-refractivity contribution in [1.82, 2.24) is 4.90 Å². The number of nitrogens with zero attached hydrogens (tertiary/aromatic N) is 1. The van der Waals surface area contributed by atoms with Gasteiger partial charge in [0, 0.05) is 55.9 Å². The van der Waals surface area contributed by atoms with Crippen LogP contribution in [-0.2, 0) is 14.3 Å². The number of unbranched alkanes of at least 4 members (excludes halogenated alkanes) is 6. The number of likely N-dealkylation sites (N-methyl/N-ethyl adjacent to an activating group) is 1. The maximum absolute atomic E-state index is 12.6. The minimum Gasteiger partial charge on any atom is -0.507 e. The Bertz CT molecular complexity index is 2050. The molecule has 0 aromatic carbocycles. The van der Waals surface area contributed by atoms with Gasteiger partial charge in [0.1, 0.15) is 48.0 Å². The highest BCUT2D eigenvalue weighted by molar-refractivity contribution is 6.26. The van der Waals surface area contributed by atoms with Crippen molar-refractivity contribution in [2.75, 3.05) is 7.05 Å². The molecule has 2 saturated heterocycles. The number of rotatable bonds is 41. The summed E-state index contributed by atoms with van der Waals surface area (Å²) in [5.74, 6) is -9.32. The highest BCUT2D eigenvalue weighted by Crippen LogP contribution is 2.36. The Hall–Kier alpha value is -2.42. The molecule has 2 heterocycles. The van der Waals surface area contributed by atoms with Gasteiger partial charge in [-0.1, -0.05) is 106 Å². The molecule has 0 aromatic heterocycles. The highest BCUT2D eigenvalue weighted by atomic mass is 16.7. The number of allylic oxidation sites excluding steroid dienone is 2. The van der Waals surface area contributed by atoms with E-state index in [9.17, 15) is 117 Å². The molecule has 0 aromatic rings. The number of likely N-dealkylation sites (tertiary alicyclic amines) is 1. The van der Waals surface area contributed by atoms with Crippen LogP contribution in [0.3, 0.4) is 0 Å². The molecule has 2 fully saturated rings. The maximum atomic E-state index is 12.6. The van der Waals surface area contributed by atoms with Gasteiger partial charge in [0.25, 0.3) is 5.91 Å². The van der Waals surface area contributed by atoms with Crippen LogP contribution in [0.2, 0.25) is 0 Å². The van der Waals surface area contributed by atoms with Gasteiger partial charge in [-0.25, -0.2) is 0 Å². The summed E-state index contributed by atoms with van der Waals surface area (Å²) in [6.07, 6.45) is -28.2. The van der Waals surface area contributed by atoms with Gasteiger partial charge in [-0.05, 0) is 69.8 Å². The summed E-state index contributed by atoms with van der Waals surface area (Å²) >= 11 is 0. The summed E-state index contributed by atoms with van der Waals surface area (Å²) in [5.41, 5.74) is 0.0730. The van der Waals surface area contributed by atoms with E-state index in [1.54, 1.807) is 19.9 Å². The van der Waals surface area contributed by atoms with E-state index in [0.717, 1.165) is 38.5 Å². The largest absolute Gasteiger partial charge is 0.507 e. The second-order valence-corrected chi connectivity index (χ2v) is 26.4. The quantitative estimate of drug-likeness (QED) is 0.0113. The Kier molecular flexibility index (Phi) is 34.6. The number of amides is 1. The van der Waals surface area contributed by atoms with Gasteiger partial charge >= 0.3 is 0 Å². The molecule has 25 nitrogen and oxygen atoms in total. The molecule has 21 N–H and O–H groups in total. The molecule has 0 saturated carbocycles. The van der Waals surface area contributed by atoms with Crippen LogP contribution in [0.5, 0.6) is 0 Å². The molecule has 1 amide bonds. The highest BCUT2D eigenvalue weighted by Gasteiger charge is 2.54. The Morgan fingerprint density at radius 1 is 0.540 bits per heavy atom. The Morgan fingerprint density at radius 3 is 1.51 bits per heavy atom. The van der Waals surface area contributed by atoms with Gasteiger partial charge in [-0.15, -0.1) is 0 Å². The predicted octanol–water partition coefficient (Wildman–Crippen LogP) is -1.17. The number of Topliss-reactive ketones (excluding diaryl/α,β-unsaturated/α-hetero) is 1. The van der Waals surface area contributed by atoms with Gasteiger partial charge < -0.3 is 117 Å². The van der Waals surface area contributed by atoms with E-state index in [1.165, 1.54) is 46.6 Å². The van der Waals surface area contributed by atoms with Crippen LogP contribution in [0.25, 0.3) is 0 Å². The summed E-state index contributed by atoms with van der Waals surface area (Å²) in [7, 11) is 1.48. The second kappa shape index (κ2) is 37.3. The van der Waals surface area contributed by atoms with E-state index >= 15 is 0 Å². The van der Waals surface area contributed by atoms with E-state index in [4.69, 9.17) is 4.74 Å². The average molecular weight is 1270 g/mol. The second-order valence-electron chi connectivity index (χ2n) is 26.4. The molecular weight excluding hydrogens is 1150 g/mol. The average Bonchev–Trinajstić information content (AvgIpc) is 2.13. The molecule has 25 heteroatoms. The van der Waals surface area contributed by atoms with Crippen LogP contribution in [0.15, 0.2) is 23.0 Å². The smallest absolute Gasteiger partial charge is 0.261 e. The first kappa shape index (κ1) is 80.7. The van der Waals surface area contributed by atoms with E-state index in [-0.39, 0.29) is 36.7 Å². The minimum absolute atomic E-state index is 0.112. The topological polar surface area (TPSA) is 471 Å². The first-order valence-corrected chi connectivity index (χ1v) is 31.5. The predicted molar refractivity (Wildman–Crippen MR) is 318 cm³/mol. The standard InChI is InChI=1S/C62H115NO24/c1-12-13-14-15-16-17-18-19-38(64)28-62(86)60(84)59(83)57(81)47(87-62)27-46(72)56(80)58(82)55(79)45(71)25-40(66)23-39(65)24-41(67)32(5)50(74)33(6)42(68)26-43(69)34(7)51(75)35(8)52(76)36(9)53(77)44(70)22-30(3)20-29(2)21-31(4)49(73)48-54(78)37(10)63(11)61(48)85/h21,29-30,32-47,50-53,55-60,64-77,79-84,86H,12-20,22-28H2,1-11H3/b31-21+,49-48+/t29?,30?,32?,33?,34?,35?,36?,37?,38?,39?,40?,41?,42?,43?,44?,45?,46?,47-,50?,51?,52?,53?,55?,56?,57-,58?,59+,60+,62+/m1/s1/i29+1,31+1,34+1,35+1,36+1,42+1,49+1,50+1. The molecule has 2 aliphatic heterocycles. The first-order chi connectivity index (χ1) is 40.3. The molecule has 87 heavy (non-hydrogen) atoms. The Labute approximate surface area is 513 Å². The van der Waals surface area contributed by atoms with Crippen molar-refractivity contribution >= 4 is 11.7 Å². The lowest BCUT2D eigenvalue weighted by Crippen LogP contribution is -2.65. The zero-order chi connectivity index (χ0) is 66.9. The van der Waals surface area contributed by atoms with E-state index in [0.29, 0.717) is 18.4 Å². The molecule has 24 unspecified atom stereocenters. The van der Waals surface area contributed by atoms with E-state index < -0.39 is 213 Å². The van der Waals surface area contributed by atoms with Crippen molar-refractivity contribution in [2.45, 2.75) is 306 Å². The number of aliphatic hydroxyl groups excluding tert-OH is 20. The van der Waals surface area contributed by atoms with Gasteiger partial charge in [0.15, 0.2) is 11.6 Å². The van der Waals surface area contributed by atoms with E-state index in [1.807, 2.05) is 13.8 Å². The third kappa shape index (κ3) is 23.3. The summed E-state index contributed by atoms with van der Waals surface area (Å²) in [6, 6.07) is -0.694. The lowest BCUT2D eigenvalue weighted by Gasteiger charge is -2.47. The fraction of sp³-hybridized carbons (Fsp3) is 0.903. The van der Waals surface area contributed by atoms with Crippen molar-refractivity contribution < 1.29 is 122 Å². The molecule has 2 aliphatic rings. The molecule has 2 rings (SSSR count). The zero-order valence-corrected chi connectivity index (χ0v) is 53.1. The van der Waals surface area contributed by atoms with Crippen LogP contribution in [0.4, 0.5) is 0 Å². The molecule has 0 radical (unpaired) electrons. The normalized spacial score (nSPS) is 29.4. The summed E-state index contributed by atoms with van der Waals surface area (Å²) in [6.45, 7) is 16.3. The first-order valence-electron chi connectivity index (χ1n) is 31.5. The third-order valence-electron chi connectivity index (χ3n) is 18.8. The van der Waals surface area contributed by atoms with Gasteiger partial charge in [0.05, 0.1) is 91.5 Å². The van der Waals surface area contributed by atoms with Crippen LogP contribution >= 0.6 is 0 Å². The lowest BCUT2D eigenvalue weighted by atomic mass is 9.85. The number of carbonyl (C=O) groups is 2. The molecular formula is C62H115NO24. The Balaban J connectivity index is 1.88. The zero-order valence-electron chi connectivity index (χ0n) is 53.1. The van der Waals surface area contributed by atoms with E-state index in [2.05, 4.69) is 6.92 Å². The minimum atomic E-state index is -2.59. The fourth-order valence-corrected chi connectivity index (χ4v) is 12.3. The molecule has 29 atom stereocenters. The SMILES string of the molecule is CCCCCCCCCC(O)C[C@]1(O)O[C@H](CC(O)C(O)C(O)C(O)C(O)CC(O)CC(O)CC(O)C(C)[13CH](O)C(C)[13CH](O)CC(O)[13CH](C)C(O)[13CH](C)C(O)[13CH](C)C(O)C(O)CC(C)C[13CH](C)/C=[13C](C)/[13C](O)=C2/C(=O)C(C)N(C)C2=O)[C@@H](O)[C@H](O)[C@@H]1O. The number of hydrogen-bond acceptors (Lipinski definition) is 24. The summed E-state index contributed by atoms with van der Waals surface area (Å²) in [4.78, 5) is 26.4.